The summed E-state index contributed by atoms with van der Waals surface area (Å²) in [6.45, 7) is 16.3. The van der Waals surface area contributed by atoms with Gasteiger partial charge < -0.3 is 69.1 Å². The van der Waals surface area contributed by atoms with Crippen LogP contribution in [0.3, 0.4) is 0 Å². The van der Waals surface area contributed by atoms with E-state index in [1.165, 1.54) is 46.1 Å². The van der Waals surface area contributed by atoms with Crippen LogP contribution in [0.1, 0.15) is 94.9 Å². The van der Waals surface area contributed by atoms with Crippen LogP contribution in [0.4, 0.5) is 0 Å². The van der Waals surface area contributed by atoms with Crippen molar-refractivity contribution in [1.82, 2.24) is 4.90 Å². The summed E-state index contributed by atoms with van der Waals surface area (Å²) < 4.78 is 37.1. The van der Waals surface area contributed by atoms with Crippen LogP contribution in [-0.4, -0.2) is 158 Å². The molecule has 0 aromatic heterocycles. The summed E-state index contributed by atoms with van der Waals surface area (Å²) in [6, 6.07) is 5.53. The highest BCUT2D eigenvalue weighted by Crippen LogP contribution is 2.41. The molecule has 0 radical (unpaired) electrons. The minimum Gasteiger partial charge on any atom is -0.508 e. The Labute approximate surface area is 349 Å². The Hall–Kier alpha value is -2.48. The molecule has 0 unspecified atom stereocenters. The molecule has 3 heterocycles. The molecule has 0 amide bonds. The molecular weight excluding hydrogens is 770 g/mol. The lowest BCUT2D eigenvalue weighted by Gasteiger charge is -2.49. The summed E-state index contributed by atoms with van der Waals surface area (Å²) in [5, 5.41) is 74.9. The first kappa shape index (κ1) is 50.9. The van der Waals surface area contributed by atoms with Gasteiger partial charge in [-0.15, -0.1) is 0 Å². The molecule has 0 aliphatic carbocycles. The van der Waals surface area contributed by atoms with E-state index >= 15 is 0 Å². The van der Waals surface area contributed by atoms with Gasteiger partial charge in [0.2, 0.25) is 0 Å². The molecule has 3 saturated heterocycles. The molecule has 0 saturated carbocycles. The Morgan fingerprint density at radius 3 is 1.97 bits per heavy atom. The quantitative estimate of drug-likeness (QED) is 0.196. The van der Waals surface area contributed by atoms with Crippen molar-refractivity contribution in [2.45, 2.75) is 179 Å². The van der Waals surface area contributed by atoms with E-state index in [4.69, 9.17) is 38.6 Å². The van der Waals surface area contributed by atoms with Crippen molar-refractivity contribution in [2.24, 2.45) is 23.7 Å². The molecule has 18 atom stereocenters. The largest absolute Gasteiger partial charge is 0.508 e. The SMILES string of the molecule is CC[C@H]1OC(=O)[C@H](C)[C@@H](O[C@H]2C[C@@](C)(OC)[C@@H](O)[C@H](C)O2)[C@H](C)[C@@H](O[C@@H]2O[C@H](C)C[C@H](N(C)C)[C@H]2O)[C@](C)(O)C[C@@H](C)C(=O)[C@H](C)[C@@H](O)[C@]1(C)O.Oc1cccc(O)c1. The van der Waals surface area contributed by atoms with Crippen LogP contribution >= 0.6 is 0 Å². The number of cyclic esters (lactones) is 1. The van der Waals surface area contributed by atoms with E-state index in [0.29, 0.717) is 6.42 Å². The van der Waals surface area contributed by atoms with Crippen LogP contribution in [-0.2, 0) is 38.0 Å². The first-order chi connectivity index (χ1) is 27.2. The highest BCUT2D eigenvalue weighted by Gasteiger charge is 2.53. The van der Waals surface area contributed by atoms with Crippen LogP contribution in [0, 0.1) is 23.7 Å². The number of likely N-dealkylation sites (N-methyl/N-ethyl adjacent to an activating group) is 1. The summed E-state index contributed by atoms with van der Waals surface area (Å²) >= 11 is 0. The number of ketones is 1. The van der Waals surface area contributed by atoms with Gasteiger partial charge in [0.05, 0.1) is 47.6 Å². The maximum Gasteiger partial charge on any atom is 0.311 e. The van der Waals surface area contributed by atoms with E-state index in [2.05, 4.69) is 0 Å². The van der Waals surface area contributed by atoms with E-state index in [0.717, 1.165) is 0 Å². The molecule has 16 nitrogen and oxygen atoms in total. The van der Waals surface area contributed by atoms with Gasteiger partial charge in [-0.1, -0.05) is 33.8 Å². The standard InChI is InChI=1S/C37H67NO13.C6H6O2/c1-14-25-37(10,45)30(41)20(4)27(39)18(2)16-35(8,44)32(51-34-28(40)24(38(11)12)15-19(3)47-34)21(5)29(22(6)33(43)49-25)50-26-17-36(9,46-13)31(42)23(7)48-26;7-5-2-1-3-6(8)4-5/h18-26,28-32,34,40-42,44-45H,14-17H2,1-13H3;1-4,7-8H/t18-,19-,20+,21+,22-,23+,24+,25-,26+,28-,29+,30-,31+,32-,34+,35-,36-,37-;/m1./s1. The summed E-state index contributed by atoms with van der Waals surface area (Å²) in [7, 11) is 5.18. The average molecular weight is 844 g/mol. The first-order valence-electron chi connectivity index (χ1n) is 20.8. The third-order valence-corrected chi connectivity index (χ3v) is 12.7. The molecule has 0 bridgehead atoms. The van der Waals surface area contributed by atoms with Crippen molar-refractivity contribution in [2.75, 3.05) is 21.2 Å². The number of nitrogens with zero attached hydrogens (tertiary/aromatic N) is 1. The number of carbonyl (C=O) groups excluding carboxylic acids is 2. The second-order valence-electron chi connectivity index (χ2n) is 18.0. The number of hydrogen-bond donors (Lipinski definition) is 7. The lowest BCUT2D eigenvalue weighted by Crippen LogP contribution is -2.61. The maximum absolute atomic E-state index is 14.1. The normalized spacial score (nSPS) is 44.2. The predicted octanol–water partition coefficient (Wildman–Crippen LogP) is 2.88. The van der Waals surface area contributed by atoms with Crippen molar-refractivity contribution < 1.29 is 73.8 Å². The number of esters is 1. The Morgan fingerprint density at radius 1 is 0.864 bits per heavy atom. The molecule has 59 heavy (non-hydrogen) atoms. The third-order valence-electron chi connectivity index (χ3n) is 12.7. The van der Waals surface area contributed by atoms with Gasteiger partial charge in [-0.3, -0.25) is 9.59 Å². The van der Waals surface area contributed by atoms with Gasteiger partial charge in [0.1, 0.15) is 41.2 Å². The number of Topliss-reactive ketones (excluding diaryl/α,β-unsaturated/α-hetero) is 1. The number of phenols is 2. The Balaban J connectivity index is 0.00000103. The lowest BCUT2D eigenvalue weighted by atomic mass is 9.74. The predicted molar refractivity (Wildman–Crippen MR) is 216 cm³/mol. The van der Waals surface area contributed by atoms with Gasteiger partial charge in [0.15, 0.2) is 12.6 Å². The third kappa shape index (κ3) is 12.1. The zero-order chi connectivity index (χ0) is 44.9. The Bertz CT molecular complexity index is 1490. The molecule has 3 fully saturated rings. The summed E-state index contributed by atoms with van der Waals surface area (Å²) in [5.41, 5.74) is -4.84. The zero-order valence-electron chi connectivity index (χ0n) is 37.1. The number of aliphatic hydroxyl groups is 5. The minimum atomic E-state index is -1.99. The number of rotatable bonds is 7. The summed E-state index contributed by atoms with van der Waals surface area (Å²) in [5.74, 6) is -4.80. The maximum atomic E-state index is 14.1. The molecular formula is C43H73NO15. The van der Waals surface area contributed by atoms with Crippen LogP contribution in [0.5, 0.6) is 11.5 Å². The lowest BCUT2D eigenvalue weighted by molar-refractivity contribution is -0.318. The summed E-state index contributed by atoms with van der Waals surface area (Å²) in [6.07, 6.45) is -9.71. The van der Waals surface area contributed by atoms with Crippen molar-refractivity contribution in [3.63, 3.8) is 0 Å². The van der Waals surface area contributed by atoms with Crippen molar-refractivity contribution in [3.05, 3.63) is 24.3 Å². The number of carbonyl (C=O) groups is 2. The fraction of sp³-hybridized carbons (Fsp3) is 0.814. The highest BCUT2D eigenvalue weighted by atomic mass is 16.7. The van der Waals surface area contributed by atoms with E-state index in [9.17, 15) is 35.1 Å². The topological polar surface area (TPSA) is 234 Å². The molecule has 1 aromatic rings. The van der Waals surface area contributed by atoms with Crippen LogP contribution in [0.25, 0.3) is 0 Å². The number of methoxy groups -OCH3 is 1. The molecule has 3 aliphatic rings. The molecule has 3 aliphatic heterocycles. The molecule has 16 heteroatoms. The molecule has 7 N–H and O–H groups in total. The van der Waals surface area contributed by atoms with Crippen LogP contribution in [0.15, 0.2) is 24.3 Å². The van der Waals surface area contributed by atoms with Gasteiger partial charge in [0.25, 0.3) is 0 Å². The van der Waals surface area contributed by atoms with Gasteiger partial charge in [0, 0.05) is 43.4 Å². The number of aromatic hydroxyl groups is 2. The van der Waals surface area contributed by atoms with E-state index in [1.807, 2.05) is 25.9 Å². The van der Waals surface area contributed by atoms with Gasteiger partial charge in [-0.25, -0.2) is 0 Å². The number of aliphatic hydroxyl groups excluding tert-OH is 3. The molecule has 1 aromatic carbocycles. The molecule has 340 valence electrons. The van der Waals surface area contributed by atoms with Crippen molar-refractivity contribution in [1.29, 1.82) is 0 Å². The number of phenolic OH excluding ortho intramolecular Hbond substituents is 2. The van der Waals surface area contributed by atoms with E-state index in [1.54, 1.807) is 47.6 Å². The van der Waals surface area contributed by atoms with Crippen LogP contribution in [0.2, 0.25) is 0 Å². The average Bonchev–Trinajstić information content (AvgIpc) is 3.15. The second-order valence-corrected chi connectivity index (χ2v) is 18.0. The van der Waals surface area contributed by atoms with Crippen molar-refractivity contribution in [3.8, 4) is 11.5 Å². The number of hydrogen-bond acceptors (Lipinski definition) is 16. The monoisotopic (exact) mass is 843 g/mol. The van der Waals surface area contributed by atoms with Gasteiger partial charge >= 0.3 is 5.97 Å². The first-order valence-corrected chi connectivity index (χ1v) is 20.8. The smallest absolute Gasteiger partial charge is 0.311 e. The van der Waals surface area contributed by atoms with Crippen LogP contribution < -0.4 is 0 Å². The Morgan fingerprint density at radius 2 is 1.46 bits per heavy atom. The minimum absolute atomic E-state index is 0.0880. The Kier molecular flexibility index (Phi) is 17.8. The summed E-state index contributed by atoms with van der Waals surface area (Å²) in [4.78, 5) is 29.8. The number of ether oxygens (including phenoxy) is 6. The van der Waals surface area contributed by atoms with E-state index < -0.39 is 108 Å². The van der Waals surface area contributed by atoms with E-state index in [-0.39, 0.29) is 42.9 Å². The fourth-order valence-corrected chi connectivity index (χ4v) is 8.90. The van der Waals surface area contributed by atoms with Gasteiger partial charge in [-0.2, -0.15) is 0 Å². The van der Waals surface area contributed by atoms with Crippen molar-refractivity contribution >= 4 is 11.8 Å². The second kappa shape index (κ2) is 20.6. The van der Waals surface area contributed by atoms with Gasteiger partial charge in [-0.05, 0) is 87.0 Å². The fourth-order valence-electron chi connectivity index (χ4n) is 8.90. The highest BCUT2D eigenvalue weighted by molar-refractivity contribution is 5.83. The number of benzene rings is 1. The zero-order valence-corrected chi connectivity index (χ0v) is 37.1. The molecule has 0 spiro atoms. The molecule has 4 rings (SSSR count).